The van der Waals surface area contributed by atoms with Crippen molar-refractivity contribution in [3.63, 3.8) is 0 Å². The molecule has 0 aliphatic carbocycles. The van der Waals surface area contributed by atoms with E-state index in [0.29, 0.717) is 15.9 Å². The number of anilines is 1. The van der Waals surface area contributed by atoms with Crippen LogP contribution in [0.15, 0.2) is 34.8 Å². The SMILES string of the molecule is Cc1ccc(C(=O)Nc2ccc(F)cc2Br)n1C. The quantitative estimate of drug-likeness (QED) is 0.905. The van der Waals surface area contributed by atoms with Gasteiger partial charge in [0.2, 0.25) is 0 Å². The number of nitrogens with one attached hydrogen (secondary N) is 1. The van der Waals surface area contributed by atoms with Crippen LogP contribution in [0.1, 0.15) is 16.2 Å². The lowest BCUT2D eigenvalue weighted by Crippen LogP contribution is -2.16. The maximum atomic E-state index is 12.9. The summed E-state index contributed by atoms with van der Waals surface area (Å²) in [7, 11) is 1.82. The van der Waals surface area contributed by atoms with Crippen LogP contribution in [0.2, 0.25) is 0 Å². The van der Waals surface area contributed by atoms with E-state index < -0.39 is 0 Å². The minimum Gasteiger partial charge on any atom is -0.344 e. The Morgan fingerprint density at radius 1 is 1.33 bits per heavy atom. The number of amides is 1. The van der Waals surface area contributed by atoms with Gasteiger partial charge in [-0.15, -0.1) is 0 Å². The normalized spacial score (nSPS) is 10.4. The zero-order valence-electron chi connectivity index (χ0n) is 10.00. The van der Waals surface area contributed by atoms with Gasteiger partial charge in [0.05, 0.1) is 5.69 Å². The van der Waals surface area contributed by atoms with E-state index in [-0.39, 0.29) is 11.7 Å². The van der Waals surface area contributed by atoms with Gasteiger partial charge in [-0.1, -0.05) is 0 Å². The predicted molar refractivity (Wildman–Crippen MR) is 72.2 cm³/mol. The van der Waals surface area contributed by atoms with Gasteiger partial charge in [-0.25, -0.2) is 4.39 Å². The van der Waals surface area contributed by atoms with Gasteiger partial charge >= 0.3 is 0 Å². The van der Waals surface area contributed by atoms with Gasteiger partial charge in [-0.3, -0.25) is 4.79 Å². The summed E-state index contributed by atoms with van der Waals surface area (Å²) < 4.78 is 15.2. The molecule has 1 aromatic carbocycles. The van der Waals surface area contributed by atoms with E-state index in [1.165, 1.54) is 18.2 Å². The number of hydrogen-bond donors (Lipinski definition) is 1. The molecule has 0 saturated heterocycles. The smallest absolute Gasteiger partial charge is 0.272 e. The Kier molecular flexibility index (Phi) is 3.52. The van der Waals surface area contributed by atoms with Crippen LogP contribution in [0, 0.1) is 12.7 Å². The monoisotopic (exact) mass is 310 g/mol. The van der Waals surface area contributed by atoms with Crippen molar-refractivity contribution >= 4 is 27.5 Å². The number of nitrogens with zero attached hydrogens (tertiary/aromatic N) is 1. The van der Waals surface area contributed by atoms with Crippen molar-refractivity contribution in [3.05, 3.63) is 52.0 Å². The minimum absolute atomic E-state index is 0.224. The van der Waals surface area contributed by atoms with Gasteiger partial charge in [0.25, 0.3) is 5.91 Å². The lowest BCUT2D eigenvalue weighted by atomic mass is 10.3. The Morgan fingerprint density at radius 3 is 2.61 bits per heavy atom. The van der Waals surface area contributed by atoms with Crippen LogP contribution in [0.3, 0.4) is 0 Å². The standard InChI is InChI=1S/C13H12BrFN2O/c1-8-3-6-12(17(8)2)13(18)16-11-5-4-9(15)7-10(11)14/h3-7H,1-2H3,(H,16,18). The van der Waals surface area contributed by atoms with Gasteiger partial charge in [0, 0.05) is 17.2 Å². The average Bonchev–Trinajstić information content (AvgIpc) is 2.64. The van der Waals surface area contributed by atoms with Crippen molar-refractivity contribution in [2.75, 3.05) is 5.32 Å². The number of rotatable bonds is 2. The lowest BCUT2D eigenvalue weighted by Gasteiger charge is -2.08. The highest BCUT2D eigenvalue weighted by Crippen LogP contribution is 2.23. The van der Waals surface area contributed by atoms with Crippen molar-refractivity contribution in [1.29, 1.82) is 0 Å². The fourth-order valence-electron chi connectivity index (χ4n) is 1.62. The summed E-state index contributed by atoms with van der Waals surface area (Å²) >= 11 is 3.21. The van der Waals surface area contributed by atoms with Gasteiger partial charge in [-0.05, 0) is 53.2 Å². The Balaban J connectivity index is 2.24. The van der Waals surface area contributed by atoms with Crippen LogP contribution >= 0.6 is 15.9 Å². The number of aryl methyl sites for hydroxylation is 1. The van der Waals surface area contributed by atoms with Crippen molar-refractivity contribution in [2.24, 2.45) is 7.05 Å². The first-order valence-electron chi connectivity index (χ1n) is 5.38. The second kappa shape index (κ2) is 4.94. The topological polar surface area (TPSA) is 34.0 Å². The van der Waals surface area contributed by atoms with E-state index in [4.69, 9.17) is 0 Å². The summed E-state index contributed by atoms with van der Waals surface area (Å²) in [6.07, 6.45) is 0. The second-order valence-electron chi connectivity index (χ2n) is 4.00. The maximum absolute atomic E-state index is 12.9. The molecule has 0 atom stereocenters. The lowest BCUT2D eigenvalue weighted by molar-refractivity contribution is 0.101. The predicted octanol–water partition coefficient (Wildman–Crippen LogP) is 3.49. The molecule has 0 bridgehead atoms. The first-order valence-corrected chi connectivity index (χ1v) is 6.17. The third kappa shape index (κ3) is 2.46. The molecule has 18 heavy (non-hydrogen) atoms. The fourth-order valence-corrected chi connectivity index (χ4v) is 2.07. The number of carbonyl (C=O) groups is 1. The Labute approximate surface area is 113 Å². The summed E-state index contributed by atoms with van der Waals surface area (Å²) in [6, 6.07) is 7.76. The Morgan fingerprint density at radius 2 is 2.06 bits per heavy atom. The van der Waals surface area contributed by atoms with Crippen LogP contribution in [0.4, 0.5) is 10.1 Å². The van der Waals surface area contributed by atoms with E-state index in [1.54, 1.807) is 10.6 Å². The van der Waals surface area contributed by atoms with E-state index >= 15 is 0 Å². The van der Waals surface area contributed by atoms with Crippen LogP contribution in [0.25, 0.3) is 0 Å². The van der Waals surface area contributed by atoms with Crippen molar-refractivity contribution in [3.8, 4) is 0 Å². The zero-order chi connectivity index (χ0) is 13.3. The second-order valence-corrected chi connectivity index (χ2v) is 4.85. The van der Waals surface area contributed by atoms with Crippen LogP contribution < -0.4 is 5.32 Å². The summed E-state index contributed by atoms with van der Waals surface area (Å²) in [4.78, 5) is 12.0. The number of carbonyl (C=O) groups excluding carboxylic acids is 1. The molecule has 0 fully saturated rings. The summed E-state index contributed by atoms with van der Waals surface area (Å²) in [5.74, 6) is -0.576. The first-order chi connectivity index (χ1) is 8.49. The van der Waals surface area contributed by atoms with Gasteiger partial charge < -0.3 is 9.88 Å². The number of halogens is 2. The molecular formula is C13H12BrFN2O. The largest absolute Gasteiger partial charge is 0.344 e. The van der Waals surface area contributed by atoms with Gasteiger partial charge in [-0.2, -0.15) is 0 Å². The van der Waals surface area contributed by atoms with Crippen molar-refractivity contribution < 1.29 is 9.18 Å². The molecule has 0 aliphatic rings. The third-order valence-electron chi connectivity index (χ3n) is 2.78. The Bertz CT molecular complexity index is 607. The summed E-state index contributed by atoms with van der Waals surface area (Å²) in [5.41, 5.74) is 2.10. The highest BCUT2D eigenvalue weighted by atomic mass is 79.9. The number of hydrogen-bond acceptors (Lipinski definition) is 1. The molecule has 0 radical (unpaired) electrons. The molecule has 5 heteroatoms. The summed E-state index contributed by atoms with van der Waals surface area (Å²) in [6.45, 7) is 1.92. The first kappa shape index (κ1) is 12.8. The van der Waals surface area contributed by atoms with E-state index in [1.807, 2.05) is 20.0 Å². The molecule has 0 unspecified atom stereocenters. The minimum atomic E-state index is -0.352. The molecule has 2 rings (SSSR count). The molecule has 0 aliphatic heterocycles. The highest BCUT2D eigenvalue weighted by molar-refractivity contribution is 9.10. The highest BCUT2D eigenvalue weighted by Gasteiger charge is 2.12. The average molecular weight is 311 g/mol. The van der Waals surface area contributed by atoms with Gasteiger partial charge in [0.1, 0.15) is 11.5 Å². The van der Waals surface area contributed by atoms with Crippen molar-refractivity contribution in [1.82, 2.24) is 4.57 Å². The maximum Gasteiger partial charge on any atom is 0.272 e. The van der Waals surface area contributed by atoms with Crippen LogP contribution in [-0.4, -0.2) is 10.5 Å². The van der Waals surface area contributed by atoms with Crippen LogP contribution in [0.5, 0.6) is 0 Å². The molecule has 1 N–H and O–H groups in total. The molecule has 94 valence electrons. The number of aromatic nitrogens is 1. The molecular weight excluding hydrogens is 299 g/mol. The van der Waals surface area contributed by atoms with Crippen LogP contribution in [-0.2, 0) is 7.05 Å². The van der Waals surface area contributed by atoms with E-state index in [2.05, 4.69) is 21.2 Å². The summed E-state index contributed by atoms with van der Waals surface area (Å²) in [5, 5.41) is 2.73. The molecule has 1 heterocycles. The van der Waals surface area contributed by atoms with Crippen molar-refractivity contribution in [2.45, 2.75) is 6.92 Å². The van der Waals surface area contributed by atoms with E-state index in [9.17, 15) is 9.18 Å². The van der Waals surface area contributed by atoms with E-state index in [0.717, 1.165) is 5.69 Å². The molecule has 1 aromatic heterocycles. The molecule has 0 saturated carbocycles. The zero-order valence-corrected chi connectivity index (χ0v) is 11.6. The third-order valence-corrected chi connectivity index (χ3v) is 3.44. The fraction of sp³-hybridized carbons (Fsp3) is 0.154. The molecule has 1 amide bonds. The molecule has 2 aromatic rings. The molecule has 0 spiro atoms. The van der Waals surface area contributed by atoms with Gasteiger partial charge in [0.15, 0.2) is 0 Å². The molecule has 3 nitrogen and oxygen atoms in total. The Hall–Kier alpha value is -1.62. The number of benzene rings is 1.